The van der Waals surface area contributed by atoms with Crippen LogP contribution in [-0.4, -0.2) is 38.5 Å². The maximum absolute atomic E-state index is 5.08. The summed E-state index contributed by atoms with van der Waals surface area (Å²) in [5, 5.41) is 1.89. The smallest absolute Gasteiger partial charge is 0.0617 e. The number of rotatable bonds is 1. The van der Waals surface area contributed by atoms with Crippen molar-refractivity contribution < 1.29 is 9.57 Å². The van der Waals surface area contributed by atoms with E-state index in [4.69, 9.17) is 9.57 Å². The molecule has 1 rings (SSSR count). The summed E-state index contributed by atoms with van der Waals surface area (Å²) in [4.78, 5) is 4.94. The highest BCUT2D eigenvalue weighted by molar-refractivity contribution is 5.85. The van der Waals surface area contributed by atoms with E-state index in [1.54, 1.807) is 7.11 Å². The van der Waals surface area contributed by atoms with E-state index in [1.165, 1.54) is 0 Å². The molecule has 4 heteroatoms. The molecule has 56 valence electrons. The summed E-state index contributed by atoms with van der Waals surface area (Å²) in [7, 11) is 1.69. The number of hydroxylamine groups is 2. The highest BCUT2D eigenvalue weighted by atomic mass is 35.5. The largest absolute Gasteiger partial charge is 0.379 e. The highest BCUT2D eigenvalue weighted by Gasteiger charge is 2.07. The van der Waals surface area contributed by atoms with Crippen molar-refractivity contribution in [1.82, 2.24) is 5.06 Å². The second kappa shape index (κ2) is 4.99. The normalized spacial score (nSPS) is 21.0. The minimum absolute atomic E-state index is 0. The molecule has 0 radical (unpaired) electrons. The van der Waals surface area contributed by atoms with Gasteiger partial charge in [0.2, 0.25) is 0 Å². The fourth-order valence-corrected chi connectivity index (χ4v) is 0.729. The Kier molecular flexibility index (Phi) is 5.09. The van der Waals surface area contributed by atoms with E-state index in [-0.39, 0.29) is 12.4 Å². The topological polar surface area (TPSA) is 21.7 Å². The Morgan fingerprint density at radius 1 is 1.33 bits per heavy atom. The lowest BCUT2D eigenvalue weighted by atomic mass is 10.5. The quantitative estimate of drug-likeness (QED) is 0.541. The van der Waals surface area contributed by atoms with Crippen molar-refractivity contribution >= 4 is 12.4 Å². The van der Waals surface area contributed by atoms with E-state index in [9.17, 15) is 0 Å². The third-order valence-electron chi connectivity index (χ3n) is 1.23. The van der Waals surface area contributed by atoms with Crippen molar-refractivity contribution in [2.24, 2.45) is 0 Å². The monoisotopic (exact) mass is 153 g/mol. The van der Waals surface area contributed by atoms with Crippen molar-refractivity contribution in [3.63, 3.8) is 0 Å². The first kappa shape index (κ1) is 9.17. The van der Waals surface area contributed by atoms with Crippen LogP contribution in [0.2, 0.25) is 0 Å². The molecule has 0 aromatic rings. The average Bonchev–Trinajstić information content (AvgIpc) is 1.90. The van der Waals surface area contributed by atoms with Gasteiger partial charge in [-0.05, 0) is 0 Å². The van der Waals surface area contributed by atoms with Crippen LogP contribution in [0.1, 0.15) is 0 Å². The molecule has 1 aliphatic rings. The predicted molar refractivity (Wildman–Crippen MR) is 36.6 cm³/mol. The molecule has 0 saturated carbocycles. The fraction of sp³-hybridized carbons (Fsp3) is 1.00. The van der Waals surface area contributed by atoms with Gasteiger partial charge in [-0.1, -0.05) is 0 Å². The molecule has 1 fully saturated rings. The molecule has 0 spiro atoms. The molecule has 0 aliphatic carbocycles. The van der Waals surface area contributed by atoms with E-state index < -0.39 is 0 Å². The van der Waals surface area contributed by atoms with Crippen LogP contribution in [0, 0.1) is 0 Å². The van der Waals surface area contributed by atoms with E-state index in [0.29, 0.717) is 0 Å². The zero-order chi connectivity index (χ0) is 5.82. The second-order valence-electron chi connectivity index (χ2n) is 1.72. The van der Waals surface area contributed by atoms with Gasteiger partial charge >= 0.3 is 0 Å². The van der Waals surface area contributed by atoms with Crippen LogP contribution in [0.25, 0.3) is 0 Å². The molecule has 1 heterocycles. The lowest BCUT2D eigenvalue weighted by Gasteiger charge is -2.23. The Bertz CT molecular complexity index is 66.0. The molecule has 0 N–H and O–H groups in total. The summed E-state index contributed by atoms with van der Waals surface area (Å²) in [5.41, 5.74) is 0. The van der Waals surface area contributed by atoms with Gasteiger partial charge in [0.1, 0.15) is 0 Å². The molecule has 1 saturated heterocycles. The molecule has 9 heavy (non-hydrogen) atoms. The molecule has 0 amide bonds. The Morgan fingerprint density at radius 3 is 2.22 bits per heavy atom. The van der Waals surface area contributed by atoms with Gasteiger partial charge < -0.3 is 9.57 Å². The van der Waals surface area contributed by atoms with E-state index in [2.05, 4.69) is 0 Å². The van der Waals surface area contributed by atoms with Crippen molar-refractivity contribution in [3.05, 3.63) is 0 Å². The maximum Gasteiger partial charge on any atom is 0.0617 e. The van der Waals surface area contributed by atoms with Crippen LogP contribution >= 0.6 is 12.4 Å². The number of hydrogen-bond acceptors (Lipinski definition) is 3. The van der Waals surface area contributed by atoms with E-state index in [0.717, 1.165) is 26.3 Å². The van der Waals surface area contributed by atoms with E-state index in [1.807, 2.05) is 5.06 Å². The highest BCUT2D eigenvalue weighted by Crippen LogP contribution is 1.94. The molecular weight excluding hydrogens is 142 g/mol. The zero-order valence-electron chi connectivity index (χ0n) is 5.50. The van der Waals surface area contributed by atoms with E-state index >= 15 is 0 Å². The average molecular weight is 154 g/mol. The van der Waals surface area contributed by atoms with Gasteiger partial charge in [-0.15, -0.1) is 12.4 Å². The number of hydrogen-bond donors (Lipinski definition) is 0. The summed E-state index contributed by atoms with van der Waals surface area (Å²) in [6.45, 7) is 3.40. The molecule has 0 unspecified atom stereocenters. The van der Waals surface area contributed by atoms with Crippen LogP contribution in [0.3, 0.4) is 0 Å². The lowest BCUT2D eigenvalue weighted by molar-refractivity contribution is -0.171. The van der Waals surface area contributed by atoms with Crippen LogP contribution in [0.4, 0.5) is 0 Å². The molecular formula is C5H12ClNO2. The number of halogens is 1. The number of nitrogens with zero attached hydrogens (tertiary/aromatic N) is 1. The van der Waals surface area contributed by atoms with Gasteiger partial charge in [0.15, 0.2) is 0 Å². The minimum Gasteiger partial charge on any atom is -0.379 e. The molecule has 0 aromatic heterocycles. The number of morpholine rings is 1. The van der Waals surface area contributed by atoms with Crippen LogP contribution < -0.4 is 0 Å². The summed E-state index contributed by atoms with van der Waals surface area (Å²) >= 11 is 0. The SMILES string of the molecule is CON1CCOCC1.Cl. The molecule has 3 nitrogen and oxygen atoms in total. The van der Waals surface area contributed by atoms with Gasteiger partial charge in [0.05, 0.1) is 20.3 Å². The molecule has 0 bridgehead atoms. The third kappa shape index (κ3) is 3.01. The first-order valence-corrected chi connectivity index (χ1v) is 2.80. The minimum atomic E-state index is 0. The fourth-order valence-electron chi connectivity index (χ4n) is 0.729. The van der Waals surface area contributed by atoms with Crippen molar-refractivity contribution in [2.45, 2.75) is 0 Å². The van der Waals surface area contributed by atoms with Gasteiger partial charge in [-0.3, -0.25) is 0 Å². The molecule has 0 aromatic carbocycles. The molecule has 0 atom stereocenters. The predicted octanol–water partition coefficient (Wildman–Crippen LogP) is 0.302. The standard InChI is InChI=1S/C5H11NO2.ClH/c1-7-6-2-4-8-5-3-6;/h2-5H2,1H3;1H. The Balaban J connectivity index is 0.000000640. The summed E-state index contributed by atoms with van der Waals surface area (Å²) in [6.07, 6.45) is 0. The van der Waals surface area contributed by atoms with Crippen molar-refractivity contribution in [2.75, 3.05) is 33.4 Å². The Hall–Kier alpha value is 0.170. The third-order valence-corrected chi connectivity index (χ3v) is 1.23. The summed E-state index contributed by atoms with van der Waals surface area (Å²) < 4.78 is 5.08. The van der Waals surface area contributed by atoms with Gasteiger partial charge in [0, 0.05) is 13.1 Å². The van der Waals surface area contributed by atoms with Crippen LogP contribution in [0.5, 0.6) is 0 Å². The molecule has 1 aliphatic heterocycles. The Morgan fingerprint density at radius 2 is 1.89 bits per heavy atom. The lowest BCUT2D eigenvalue weighted by Crippen LogP contribution is -2.35. The second-order valence-corrected chi connectivity index (χ2v) is 1.72. The first-order chi connectivity index (χ1) is 3.93. The van der Waals surface area contributed by atoms with Crippen LogP contribution in [-0.2, 0) is 9.57 Å². The van der Waals surface area contributed by atoms with Crippen LogP contribution in [0.15, 0.2) is 0 Å². The van der Waals surface area contributed by atoms with Crippen molar-refractivity contribution in [1.29, 1.82) is 0 Å². The zero-order valence-corrected chi connectivity index (χ0v) is 6.32. The van der Waals surface area contributed by atoms with Gasteiger partial charge in [0.25, 0.3) is 0 Å². The van der Waals surface area contributed by atoms with Gasteiger partial charge in [-0.25, -0.2) is 0 Å². The summed E-state index contributed by atoms with van der Waals surface area (Å²) in [5.74, 6) is 0. The first-order valence-electron chi connectivity index (χ1n) is 2.80. The number of ether oxygens (including phenoxy) is 1. The summed E-state index contributed by atoms with van der Waals surface area (Å²) in [6, 6.07) is 0. The Labute approximate surface area is 61.3 Å². The maximum atomic E-state index is 5.08. The van der Waals surface area contributed by atoms with Gasteiger partial charge in [-0.2, -0.15) is 5.06 Å². The van der Waals surface area contributed by atoms with Crippen molar-refractivity contribution in [3.8, 4) is 0 Å².